The van der Waals surface area contributed by atoms with Crippen LogP contribution in [0.25, 0.3) is 0 Å². The van der Waals surface area contributed by atoms with Crippen molar-refractivity contribution in [3.63, 3.8) is 0 Å². The van der Waals surface area contributed by atoms with E-state index in [4.69, 9.17) is 0 Å². The van der Waals surface area contributed by atoms with Gasteiger partial charge in [-0.25, -0.2) is 0 Å². The molecule has 1 aliphatic carbocycles. The Kier molecular flexibility index (Phi) is 6.45. The van der Waals surface area contributed by atoms with Crippen LogP contribution in [0.2, 0.25) is 0 Å². The van der Waals surface area contributed by atoms with Crippen molar-refractivity contribution in [3.05, 3.63) is 28.8 Å². The van der Waals surface area contributed by atoms with Crippen LogP contribution in [0.15, 0.2) is 12.1 Å². The van der Waals surface area contributed by atoms with E-state index in [1.54, 1.807) is 0 Å². The van der Waals surface area contributed by atoms with Crippen molar-refractivity contribution >= 4 is 0 Å². The first-order valence-electron chi connectivity index (χ1n) is 10.2. The van der Waals surface area contributed by atoms with Gasteiger partial charge in [0.1, 0.15) is 5.75 Å². The average Bonchev–Trinajstić information content (AvgIpc) is 2.51. The fourth-order valence-corrected chi connectivity index (χ4v) is 4.04. The number of phenolic OH excluding ortho intramolecular Hbond substituents is 1. The SMILES string of the molecule is CN(C)[C@H]1CCCC[C@@H]1NCc1cc(C(C)(C)C)cc(C(C)(C)C)c1O. The van der Waals surface area contributed by atoms with Gasteiger partial charge in [-0.3, -0.25) is 0 Å². The zero-order valence-corrected chi connectivity index (χ0v) is 18.2. The minimum Gasteiger partial charge on any atom is -0.507 e. The second-order valence-corrected chi connectivity index (χ2v) is 10.3. The molecule has 0 aliphatic heterocycles. The molecule has 1 saturated carbocycles. The molecule has 0 unspecified atom stereocenters. The summed E-state index contributed by atoms with van der Waals surface area (Å²) in [5.74, 6) is 0.468. The van der Waals surface area contributed by atoms with Crippen molar-refractivity contribution in [2.75, 3.05) is 14.1 Å². The minimum absolute atomic E-state index is 0.0689. The molecule has 1 aromatic carbocycles. The third-order valence-electron chi connectivity index (χ3n) is 5.81. The Balaban J connectivity index is 2.30. The molecule has 1 aromatic rings. The number of aromatic hydroxyl groups is 1. The zero-order valence-electron chi connectivity index (χ0n) is 18.2. The average molecular weight is 361 g/mol. The van der Waals surface area contributed by atoms with Crippen LogP contribution in [0.5, 0.6) is 5.75 Å². The summed E-state index contributed by atoms with van der Waals surface area (Å²) >= 11 is 0. The number of nitrogens with zero attached hydrogens (tertiary/aromatic N) is 1. The molecule has 2 rings (SSSR count). The molecule has 0 heterocycles. The van der Waals surface area contributed by atoms with Crippen LogP contribution in [0, 0.1) is 0 Å². The Morgan fingerprint density at radius 2 is 1.62 bits per heavy atom. The lowest BCUT2D eigenvalue weighted by Crippen LogP contribution is -2.48. The van der Waals surface area contributed by atoms with Crippen LogP contribution < -0.4 is 5.32 Å². The first kappa shape index (κ1) is 21.2. The van der Waals surface area contributed by atoms with Gasteiger partial charge < -0.3 is 15.3 Å². The quantitative estimate of drug-likeness (QED) is 0.797. The van der Waals surface area contributed by atoms with E-state index in [1.807, 2.05) is 0 Å². The van der Waals surface area contributed by atoms with Crippen molar-refractivity contribution in [1.82, 2.24) is 10.2 Å². The van der Waals surface area contributed by atoms with Gasteiger partial charge in [0.2, 0.25) is 0 Å². The fourth-order valence-electron chi connectivity index (χ4n) is 4.04. The van der Waals surface area contributed by atoms with Crippen LogP contribution in [0.3, 0.4) is 0 Å². The second kappa shape index (κ2) is 7.90. The van der Waals surface area contributed by atoms with Crippen molar-refractivity contribution < 1.29 is 5.11 Å². The van der Waals surface area contributed by atoms with Crippen molar-refractivity contribution in [2.24, 2.45) is 0 Å². The van der Waals surface area contributed by atoms with Crippen molar-refractivity contribution in [1.29, 1.82) is 0 Å². The van der Waals surface area contributed by atoms with Gasteiger partial charge in [0.25, 0.3) is 0 Å². The molecule has 1 aliphatic rings. The molecule has 3 nitrogen and oxygen atoms in total. The topological polar surface area (TPSA) is 35.5 Å². The van der Waals surface area contributed by atoms with Crippen LogP contribution in [0.4, 0.5) is 0 Å². The Hall–Kier alpha value is -1.06. The van der Waals surface area contributed by atoms with E-state index in [0.29, 0.717) is 17.8 Å². The summed E-state index contributed by atoms with van der Waals surface area (Å²) in [5.41, 5.74) is 3.38. The molecule has 0 saturated heterocycles. The highest BCUT2D eigenvalue weighted by molar-refractivity contribution is 5.48. The number of likely N-dealkylation sites (N-methyl/N-ethyl adjacent to an activating group) is 1. The van der Waals surface area contributed by atoms with Gasteiger partial charge in [-0.15, -0.1) is 0 Å². The molecule has 148 valence electrons. The summed E-state index contributed by atoms with van der Waals surface area (Å²) in [7, 11) is 4.36. The number of rotatable bonds is 4. The van der Waals surface area contributed by atoms with E-state index in [9.17, 15) is 5.11 Å². The molecule has 0 spiro atoms. The lowest BCUT2D eigenvalue weighted by Gasteiger charge is -2.37. The van der Waals surface area contributed by atoms with Gasteiger partial charge in [-0.05, 0) is 48.9 Å². The Morgan fingerprint density at radius 1 is 1.00 bits per heavy atom. The summed E-state index contributed by atoms with van der Waals surface area (Å²) in [5, 5.41) is 14.7. The molecule has 2 atom stereocenters. The van der Waals surface area contributed by atoms with Gasteiger partial charge in [0.15, 0.2) is 0 Å². The van der Waals surface area contributed by atoms with E-state index in [0.717, 1.165) is 17.7 Å². The lowest BCUT2D eigenvalue weighted by atomic mass is 9.79. The predicted octanol–water partition coefficient (Wildman–Crippen LogP) is 4.95. The molecular formula is C23H40N2O. The molecule has 0 aromatic heterocycles. The summed E-state index contributed by atoms with van der Waals surface area (Å²) in [6.45, 7) is 14.0. The maximum Gasteiger partial charge on any atom is 0.123 e. The molecule has 0 bridgehead atoms. The third kappa shape index (κ3) is 5.01. The largest absolute Gasteiger partial charge is 0.507 e. The Labute approximate surface area is 161 Å². The highest BCUT2D eigenvalue weighted by Crippen LogP contribution is 2.37. The van der Waals surface area contributed by atoms with E-state index in [-0.39, 0.29) is 10.8 Å². The third-order valence-corrected chi connectivity index (χ3v) is 5.81. The van der Waals surface area contributed by atoms with Gasteiger partial charge >= 0.3 is 0 Å². The highest BCUT2D eigenvalue weighted by atomic mass is 16.3. The molecular weight excluding hydrogens is 320 g/mol. The summed E-state index contributed by atoms with van der Waals surface area (Å²) in [6, 6.07) is 5.47. The van der Waals surface area contributed by atoms with Crippen molar-refractivity contribution in [2.45, 2.75) is 96.7 Å². The van der Waals surface area contributed by atoms with Crippen molar-refractivity contribution in [3.8, 4) is 5.75 Å². The second-order valence-electron chi connectivity index (χ2n) is 10.3. The van der Waals surface area contributed by atoms with Crippen LogP contribution in [-0.4, -0.2) is 36.2 Å². The maximum absolute atomic E-state index is 11.0. The van der Waals surface area contributed by atoms with E-state index >= 15 is 0 Å². The molecule has 26 heavy (non-hydrogen) atoms. The molecule has 2 N–H and O–H groups in total. The summed E-state index contributed by atoms with van der Waals surface area (Å²) in [4.78, 5) is 2.35. The number of benzene rings is 1. The van der Waals surface area contributed by atoms with Crippen LogP contribution >= 0.6 is 0 Å². The fraction of sp³-hybridized carbons (Fsp3) is 0.739. The first-order chi connectivity index (χ1) is 11.9. The number of phenols is 1. The molecule has 1 fully saturated rings. The number of hydrogen-bond donors (Lipinski definition) is 2. The van der Waals surface area contributed by atoms with Gasteiger partial charge in [-0.1, -0.05) is 66.5 Å². The Morgan fingerprint density at radius 3 is 2.15 bits per heavy atom. The maximum atomic E-state index is 11.0. The van der Waals surface area contributed by atoms with Crippen LogP contribution in [-0.2, 0) is 17.4 Å². The minimum atomic E-state index is -0.0723. The molecule has 3 heteroatoms. The summed E-state index contributed by atoms with van der Waals surface area (Å²) in [6.07, 6.45) is 5.09. The lowest BCUT2D eigenvalue weighted by molar-refractivity contribution is 0.175. The number of hydrogen-bond acceptors (Lipinski definition) is 3. The first-order valence-corrected chi connectivity index (χ1v) is 10.2. The molecule has 0 amide bonds. The molecule has 0 radical (unpaired) electrons. The Bertz CT molecular complexity index is 608. The standard InChI is InChI=1S/C23H40N2O/c1-22(2,3)17-13-16(21(26)18(14-17)23(4,5)6)15-24-19-11-9-10-12-20(19)25(7)8/h13-14,19-20,24,26H,9-12,15H2,1-8H3/t19-,20-/m0/s1. The van der Waals surface area contributed by atoms with E-state index in [1.165, 1.54) is 31.2 Å². The summed E-state index contributed by atoms with van der Waals surface area (Å²) < 4.78 is 0. The van der Waals surface area contributed by atoms with Crippen LogP contribution in [0.1, 0.15) is 83.9 Å². The highest BCUT2D eigenvalue weighted by Gasteiger charge is 2.28. The monoisotopic (exact) mass is 360 g/mol. The van der Waals surface area contributed by atoms with E-state index in [2.05, 4.69) is 78.0 Å². The number of nitrogens with one attached hydrogen (secondary N) is 1. The predicted molar refractivity (Wildman–Crippen MR) is 112 cm³/mol. The van der Waals surface area contributed by atoms with E-state index < -0.39 is 0 Å². The van der Waals surface area contributed by atoms with Gasteiger partial charge in [0, 0.05) is 24.2 Å². The smallest absolute Gasteiger partial charge is 0.123 e. The zero-order chi connectivity index (χ0) is 19.7. The normalized spacial score (nSPS) is 22.0. The van der Waals surface area contributed by atoms with Gasteiger partial charge in [-0.2, -0.15) is 0 Å². The van der Waals surface area contributed by atoms with Gasteiger partial charge in [0.05, 0.1) is 0 Å².